The van der Waals surface area contributed by atoms with Gasteiger partial charge in [0.1, 0.15) is 20.2 Å². The quantitative estimate of drug-likeness (QED) is 0.371. The molecule has 4 heterocycles. The van der Waals surface area contributed by atoms with Gasteiger partial charge in [-0.1, -0.05) is 11.6 Å². The van der Waals surface area contributed by atoms with Gasteiger partial charge >= 0.3 is 12.1 Å². The molecule has 36 heavy (non-hydrogen) atoms. The van der Waals surface area contributed by atoms with E-state index in [1.807, 2.05) is 12.1 Å². The topological polar surface area (TPSA) is 142 Å². The molecule has 1 fully saturated rings. The first-order valence-electron chi connectivity index (χ1n) is 10.2. The number of carboxylic acids is 1. The predicted octanol–water partition coefficient (Wildman–Crippen LogP) is 2.97. The van der Waals surface area contributed by atoms with Crippen molar-refractivity contribution in [3.8, 4) is 0 Å². The molecule has 1 aliphatic heterocycles. The number of nitrogens with zero attached hydrogens (tertiary/aromatic N) is 3. The fraction of sp³-hybridized carbons (Fsp3) is 0.300. The zero-order chi connectivity index (χ0) is 26.5. The third-order valence-electron chi connectivity index (χ3n) is 4.82. The number of aliphatic carboxylic acids is 1. The summed E-state index contributed by atoms with van der Waals surface area (Å²) in [4.78, 5) is 31.8. The Bertz CT molecular complexity index is 1340. The van der Waals surface area contributed by atoms with Crippen LogP contribution < -0.4 is 10.0 Å². The van der Waals surface area contributed by atoms with Gasteiger partial charge in [-0.15, -0.1) is 11.3 Å². The molecule has 0 bridgehead atoms. The summed E-state index contributed by atoms with van der Waals surface area (Å²) in [5, 5.41) is 11.3. The Morgan fingerprint density at radius 3 is 2.56 bits per heavy atom. The summed E-state index contributed by atoms with van der Waals surface area (Å²) in [5.74, 6) is -2.97. The highest BCUT2D eigenvalue weighted by Crippen LogP contribution is 2.29. The molecular weight excluding hydrogens is 547 g/mol. The molecule has 10 nitrogen and oxygen atoms in total. The molecule has 3 aromatic heterocycles. The number of likely N-dealkylation sites (tertiary alicyclic amines) is 1. The van der Waals surface area contributed by atoms with E-state index in [9.17, 15) is 26.4 Å². The summed E-state index contributed by atoms with van der Waals surface area (Å²) in [6.07, 6.45) is -1.28. The SMILES string of the molecule is O=C(O)C(F)(F)F.O=C1C(NS(=O)(=O)c2cc3ccc(Cl)nc3s2)CCN1CCNc1ccncc1. The number of alkyl halides is 3. The number of hydrogen-bond acceptors (Lipinski definition) is 8. The predicted molar refractivity (Wildman–Crippen MR) is 126 cm³/mol. The smallest absolute Gasteiger partial charge is 0.475 e. The number of carbonyl (C=O) groups is 2. The molecule has 3 aromatic rings. The van der Waals surface area contributed by atoms with Crippen LogP contribution >= 0.6 is 22.9 Å². The summed E-state index contributed by atoms with van der Waals surface area (Å²) in [7, 11) is -3.82. The van der Waals surface area contributed by atoms with Crippen LogP contribution in [0.2, 0.25) is 5.15 Å². The number of sulfonamides is 1. The lowest BCUT2D eigenvalue weighted by Gasteiger charge is -2.17. The van der Waals surface area contributed by atoms with Crippen molar-refractivity contribution in [1.82, 2.24) is 19.6 Å². The molecule has 194 valence electrons. The number of carboxylic acid groups (broad SMARTS) is 1. The van der Waals surface area contributed by atoms with Crippen molar-refractivity contribution in [2.75, 3.05) is 25.0 Å². The second-order valence-corrected chi connectivity index (χ2v) is 10.7. The molecule has 0 aliphatic carbocycles. The first-order valence-corrected chi connectivity index (χ1v) is 12.9. The summed E-state index contributed by atoms with van der Waals surface area (Å²) in [5.41, 5.74) is 0.919. The minimum Gasteiger partial charge on any atom is -0.475 e. The maximum absolute atomic E-state index is 12.7. The maximum Gasteiger partial charge on any atom is 0.490 e. The Hall–Kier alpha value is -3.01. The van der Waals surface area contributed by atoms with Crippen LogP contribution in [0.25, 0.3) is 10.2 Å². The molecule has 0 saturated carbocycles. The van der Waals surface area contributed by atoms with Gasteiger partial charge in [-0.2, -0.15) is 17.9 Å². The van der Waals surface area contributed by atoms with Gasteiger partial charge in [-0.3, -0.25) is 9.78 Å². The van der Waals surface area contributed by atoms with Crippen LogP contribution in [0.4, 0.5) is 18.9 Å². The number of anilines is 1. The highest BCUT2D eigenvalue weighted by atomic mass is 35.5. The van der Waals surface area contributed by atoms with Crippen molar-refractivity contribution in [2.24, 2.45) is 0 Å². The number of thiophene rings is 1. The van der Waals surface area contributed by atoms with Crippen molar-refractivity contribution in [1.29, 1.82) is 0 Å². The van der Waals surface area contributed by atoms with Gasteiger partial charge in [0.25, 0.3) is 10.0 Å². The Labute approximate surface area is 212 Å². The van der Waals surface area contributed by atoms with Crippen LogP contribution in [-0.4, -0.2) is 72.1 Å². The zero-order valence-electron chi connectivity index (χ0n) is 18.2. The van der Waals surface area contributed by atoms with E-state index >= 15 is 0 Å². The monoisotopic (exact) mass is 565 g/mol. The van der Waals surface area contributed by atoms with Gasteiger partial charge < -0.3 is 15.3 Å². The number of halogens is 4. The van der Waals surface area contributed by atoms with E-state index in [0.29, 0.717) is 41.4 Å². The Kier molecular flexibility index (Phi) is 8.71. The fourth-order valence-electron chi connectivity index (χ4n) is 3.13. The molecule has 0 aromatic carbocycles. The molecule has 4 rings (SSSR count). The number of pyridine rings is 2. The third-order valence-corrected chi connectivity index (χ3v) is 8.02. The lowest BCUT2D eigenvalue weighted by molar-refractivity contribution is -0.192. The van der Waals surface area contributed by atoms with E-state index in [1.54, 1.807) is 35.5 Å². The van der Waals surface area contributed by atoms with E-state index in [2.05, 4.69) is 20.0 Å². The minimum atomic E-state index is -5.08. The van der Waals surface area contributed by atoms with Crippen molar-refractivity contribution in [3.63, 3.8) is 0 Å². The second kappa shape index (κ2) is 11.4. The Morgan fingerprint density at radius 1 is 1.25 bits per heavy atom. The number of hydrogen-bond donors (Lipinski definition) is 3. The summed E-state index contributed by atoms with van der Waals surface area (Å²) < 4.78 is 59.9. The standard InChI is InChI=1S/C18H18ClN5O3S2.C2HF3O2/c19-15-2-1-12-11-16(28-17(12)22-15)29(26,27)23-14-5-9-24(18(14)25)10-8-21-13-3-6-20-7-4-13;3-2(4,5)1(6)7/h1-4,6-7,11,14,23H,5,8-10H2,(H,20,21);(H,6,7). The lowest BCUT2D eigenvalue weighted by atomic mass is 10.3. The third kappa shape index (κ3) is 7.25. The molecular formula is C20H19ClF3N5O5S2. The van der Waals surface area contributed by atoms with Crippen LogP contribution in [0.15, 0.2) is 46.9 Å². The molecule has 1 aliphatic rings. The van der Waals surface area contributed by atoms with Crippen molar-refractivity contribution < 1.29 is 36.3 Å². The first-order chi connectivity index (χ1) is 16.9. The number of aromatic nitrogens is 2. The van der Waals surface area contributed by atoms with Crippen LogP contribution in [-0.2, 0) is 19.6 Å². The van der Waals surface area contributed by atoms with Crippen molar-refractivity contribution in [3.05, 3.63) is 47.9 Å². The summed E-state index contributed by atoms with van der Waals surface area (Å²) >= 11 is 6.90. The van der Waals surface area contributed by atoms with Gasteiger partial charge in [0.05, 0.1) is 0 Å². The van der Waals surface area contributed by atoms with Gasteiger partial charge in [0.2, 0.25) is 5.91 Å². The van der Waals surface area contributed by atoms with E-state index in [4.69, 9.17) is 21.5 Å². The number of carbonyl (C=O) groups excluding carboxylic acids is 1. The molecule has 1 unspecified atom stereocenters. The van der Waals surface area contributed by atoms with Crippen LogP contribution in [0.1, 0.15) is 6.42 Å². The van der Waals surface area contributed by atoms with Crippen LogP contribution in [0, 0.1) is 0 Å². The van der Waals surface area contributed by atoms with Crippen molar-refractivity contribution >= 4 is 60.7 Å². The molecule has 0 radical (unpaired) electrons. The summed E-state index contributed by atoms with van der Waals surface area (Å²) in [6, 6.07) is 7.80. The number of amides is 1. The van der Waals surface area contributed by atoms with E-state index < -0.39 is 28.2 Å². The average molecular weight is 566 g/mol. The molecule has 1 saturated heterocycles. The summed E-state index contributed by atoms with van der Waals surface area (Å²) in [6.45, 7) is 1.57. The van der Waals surface area contributed by atoms with E-state index in [-0.39, 0.29) is 10.1 Å². The first kappa shape index (κ1) is 27.6. The second-order valence-electron chi connectivity index (χ2n) is 7.35. The largest absolute Gasteiger partial charge is 0.490 e. The number of nitrogens with one attached hydrogen (secondary N) is 2. The molecule has 16 heteroatoms. The van der Waals surface area contributed by atoms with Gasteiger partial charge in [-0.25, -0.2) is 18.2 Å². The minimum absolute atomic E-state index is 0.118. The number of rotatable bonds is 7. The highest BCUT2D eigenvalue weighted by Gasteiger charge is 2.38. The lowest BCUT2D eigenvalue weighted by Crippen LogP contribution is -2.42. The van der Waals surface area contributed by atoms with Crippen LogP contribution in [0.3, 0.4) is 0 Å². The van der Waals surface area contributed by atoms with Gasteiger partial charge in [0.15, 0.2) is 0 Å². The number of fused-ring (bicyclic) bond motifs is 1. The van der Waals surface area contributed by atoms with Crippen LogP contribution in [0.5, 0.6) is 0 Å². The molecule has 0 spiro atoms. The molecule has 1 amide bonds. The zero-order valence-corrected chi connectivity index (χ0v) is 20.6. The average Bonchev–Trinajstić information content (AvgIpc) is 3.38. The molecule has 1 atom stereocenters. The van der Waals surface area contributed by atoms with Gasteiger partial charge in [0, 0.05) is 43.1 Å². The van der Waals surface area contributed by atoms with Gasteiger partial charge in [-0.05, 0) is 36.8 Å². The highest BCUT2D eigenvalue weighted by molar-refractivity contribution is 7.91. The normalized spacial score (nSPS) is 16.1. The van der Waals surface area contributed by atoms with E-state index in [1.165, 1.54) is 0 Å². The Morgan fingerprint density at radius 2 is 1.92 bits per heavy atom. The Balaban J connectivity index is 0.000000454. The molecule has 3 N–H and O–H groups in total. The maximum atomic E-state index is 12.7. The van der Waals surface area contributed by atoms with E-state index in [0.717, 1.165) is 17.0 Å². The van der Waals surface area contributed by atoms with Crippen molar-refractivity contribution in [2.45, 2.75) is 22.8 Å². The fourth-order valence-corrected chi connectivity index (χ4v) is 5.90.